The Hall–Kier alpha value is -2.15. The Kier molecular flexibility index (Phi) is 7.91. The maximum absolute atomic E-state index is 12.1. The van der Waals surface area contributed by atoms with Crippen LogP contribution in [0.4, 0.5) is 8.78 Å². The van der Waals surface area contributed by atoms with Crippen molar-refractivity contribution in [2.75, 3.05) is 19.6 Å². The summed E-state index contributed by atoms with van der Waals surface area (Å²) < 4.78 is 28.4. The molecule has 0 spiro atoms. The van der Waals surface area contributed by atoms with Gasteiger partial charge in [-0.25, -0.2) is 0 Å². The lowest BCUT2D eigenvalue weighted by molar-refractivity contribution is -0.0498. The Bertz CT molecular complexity index is 478. The number of nitrogens with zero attached hydrogens (tertiary/aromatic N) is 1. The first kappa shape index (κ1) is 17.9. The molecular formula is C15H21F2N3O2. The van der Waals surface area contributed by atoms with Crippen molar-refractivity contribution < 1.29 is 18.6 Å². The van der Waals surface area contributed by atoms with Crippen LogP contribution in [0.5, 0.6) is 5.75 Å². The second-order valence-electron chi connectivity index (χ2n) is 4.35. The average Bonchev–Trinajstić information content (AvgIpc) is 2.50. The third-order valence-corrected chi connectivity index (χ3v) is 2.67. The third-order valence-electron chi connectivity index (χ3n) is 2.67. The van der Waals surface area contributed by atoms with Crippen molar-refractivity contribution in [3.05, 3.63) is 42.5 Å². The second kappa shape index (κ2) is 9.73. The van der Waals surface area contributed by atoms with E-state index >= 15 is 0 Å². The van der Waals surface area contributed by atoms with E-state index < -0.39 is 12.7 Å². The molecule has 0 aliphatic rings. The van der Waals surface area contributed by atoms with Crippen molar-refractivity contribution in [1.82, 2.24) is 10.6 Å². The molecule has 1 aromatic carbocycles. The molecule has 0 saturated carbocycles. The Balaban J connectivity index is 2.62. The number of benzene rings is 1. The predicted molar refractivity (Wildman–Crippen MR) is 82.2 cm³/mol. The van der Waals surface area contributed by atoms with Crippen LogP contribution >= 0.6 is 0 Å². The number of rotatable bonds is 8. The summed E-state index contributed by atoms with van der Waals surface area (Å²) in [5.41, 5.74) is 0.574. The number of aliphatic hydroxyl groups excluding tert-OH is 1. The van der Waals surface area contributed by atoms with Crippen molar-refractivity contribution in [1.29, 1.82) is 0 Å². The molecule has 3 N–H and O–H groups in total. The zero-order valence-electron chi connectivity index (χ0n) is 12.4. The summed E-state index contributed by atoms with van der Waals surface area (Å²) in [7, 11) is 0. The average molecular weight is 313 g/mol. The van der Waals surface area contributed by atoms with E-state index in [1.54, 1.807) is 6.08 Å². The van der Waals surface area contributed by atoms with E-state index in [0.29, 0.717) is 24.6 Å². The molecule has 0 aliphatic heterocycles. The molecule has 7 heteroatoms. The van der Waals surface area contributed by atoms with Gasteiger partial charge < -0.3 is 20.5 Å². The molecule has 0 fully saturated rings. The Labute approximate surface area is 128 Å². The van der Waals surface area contributed by atoms with Gasteiger partial charge in [-0.15, -0.1) is 6.58 Å². The van der Waals surface area contributed by atoms with E-state index in [9.17, 15) is 13.9 Å². The van der Waals surface area contributed by atoms with Crippen LogP contribution < -0.4 is 15.4 Å². The highest BCUT2D eigenvalue weighted by Crippen LogP contribution is 2.19. The fourth-order valence-electron chi connectivity index (χ4n) is 1.67. The highest BCUT2D eigenvalue weighted by atomic mass is 19.3. The summed E-state index contributed by atoms with van der Waals surface area (Å²) in [4.78, 5) is 4.24. The van der Waals surface area contributed by atoms with Gasteiger partial charge in [-0.2, -0.15) is 8.78 Å². The molecule has 122 valence electrons. The molecule has 0 heterocycles. The maximum Gasteiger partial charge on any atom is 0.387 e. The molecule has 0 aliphatic carbocycles. The van der Waals surface area contributed by atoms with Crippen molar-refractivity contribution in [3.8, 4) is 5.75 Å². The summed E-state index contributed by atoms with van der Waals surface area (Å²) in [6.45, 7) is 4.07. The van der Waals surface area contributed by atoms with Crippen LogP contribution in [0.15, 0.2) is 41.9 Å². The first-order valence-corrected chi connectivity index (χ1v) is 6.92. The van der Waals surface area contributed by atoms with Crippen molar-refractivity contribution in [2.24, 2.45) is 4.99 Å². The number of ether oxygens (including phenoxy) is 1. The van der Waals surface area contributed by atoms with E-state index in [1.165, 1.54) is 24.3 Å². The number of hydrogen-bond donors (Lipinski definition) is 3. The molecule has 0 radical (unpaired) electrons. The molecule has 22 heavy (non-hydrogen) atoms. The lowest BCUT2D eigenvalue weighted by Crippen LogP contribution is -2.37. The number of hydrogen-bond acceptors (Lipinski definition) is 3. The van der Waals surface area contributed by atoms with Gasteiger partial charge in [-0.05, 0) is 24.6 Å². The van der Waals surface area contributed by atoms with E-state index in [2.05, 4.69) is 26.9 Å². The number of aliphatic imine (C=N–C) groups is 1. The molecule has 0 aromatic heterocycles. The number of alkyl halides is 2. The monoisotopic (exact) mass is 313 g/mol. The van der Waals surface area contributed by atoms with Crippen LogP contribution in [0.3, 0.4) is 0 Å². The number of nitrogens with one attached hydrogen (secondary N) is 2. The minimum Gasteiger partial charge on any atom is -0.435 e. The lowest BCUT2D eigenvalue weighted by Gasteiger charge is -2.13. The normalized spacial score (nSPS) is 12.9. The standard InChI is InChI=1S/C15H21F2N3O2/c1-3-9-19-15(18-4-2)20-10-13(21)11-5-7-12(8-6-11)22-14(16)17/h3,5-8,13-14,21H,1,4,9-10H2,2H3,(H2,18,19,20). The number of aliphatic hydroxyl groups is 1. The molecule has 1 atom stereocenters. The van der Waals surface area contributed by atoms with Crippen LogP contribution in [0.1, 0.15) is 18.6 Å². The lowest BCUT2D eigenvalue weighted by atomic mass is 10.1. The van der Waals surface area contributed by atoms with Crippen LogP contribution in [-0.4, -0.2) is 37.3 Å². The molecule has 0 bridgehead atoms. The van der Waals surface area contributed by atoms with E-state index in [-0.39, 0.29) is 12.3 Å². The molecule has 1 aromatic rings. The van der Waals surface area contributed by atoms with Crippen LogP contribution in [0.2, 0.25) is 0 Å². The van der Waals surface area contributed by atoms with Crippen LogP contribution in [-0.2, 0) is 0 Å². The smallest absolute Gasteiger partial charge is 0.387 e. The van der Waals surface area contributed by atoms with Gasteiger partial charge in [0.05, 0.1) is 12.6 Å². The molecule has 0 saturated heterocycles. The third kappa shape index (κ3) is 6.53. The summed E-state index contributed by atoms with van der Waals surface area (Å²) in [5, 5.41) is 16.1. The Morgan fingerprint density at radius 2 is 2.05 bits per heavy atom. The molecule has 1 rings (SSSR count). The van der Waals surface area contributed by atoms with Crippen LogP contribution in [0, 0.1) is 0 Å². The van der Waals surface area contributed by atoms with Crippen molar-refractivity contribution >= 4 is 5.96 Å². The quantitative estimate of drug-likeness (QED) is 0.390. The molecular weight excluding hydrogens is 292 g/mol. The Morgan fingerprint density at radius 3 is 2.59 bits per heavy atom. The van der Waals surface area contributed by atoms with Gasteiger partial charge in [0.25, 0.3) is 0 Å². The first-order chi connectivity index (χ1) is 10.6. The summed E-state index contributed by atoms with van der Waals surface area (Å²) in [6, 6.07) is 5.83. The molecule has 0 amide bonds. The minimum atomic E-state index is -2.86. The van der Waals surface area contributed by atoms with E-state index in [0.717, 1.165) is 0 Å². The predicted octanol–water partition coefficient (Wildman–Crippen LogP) is 2.06. The molecule has 5 nitrogen and oxygen atoms in total. The second-order valence-corrected chi connectivity index (χ2v) is 4.35. The zero-order chi connectivity index (χ0) is 16.4. The maximum atomic E-state index is 12.1. The van der Waals surface area contributed by atoms with Gasteiger partial charge >= 0.3 is 6.61 Å². The zero-order valence-corrected chi connectivity index (χ0v) is 12.4. The molecule has 1 unspecified atom stereocenters. The summed E-state index contributed by atoms with van der Waals surface area (Å²) >= 11 is 0. The largest absolute Gasteiger partial charge is 0.435 e. The SMILES string of the molecule is C=CCNC(=NCC(O)c1ccc(OC(F)F)cc1)NCC. The minimum absolute atomic E-state index is 0.0513. The highest BCUT2D eigenvalue weighted by Gasteiger charge is 2.09. The van der Waals surface area contributed by atoms with Gasteiger partial charge in [0, 0.05) is 13.1 Å². The fourth-order valence-corrected chi connectivity index (χ4v) is 1.67. The number of guanidine groups is 1. The van der Waals surface area contributed by atoms with Gasteiger partial charge in [0.2, 0.25) is 0 Å². The highest BCUT2D eigenvalue weighted by molar-refractivity contribution is 5.79. The number of halogens is 2. The van der Waals surface area contributed by atoms with E-state index in [4.69, 9.17) is 0 Å². The van der Waals surface area contributed by atoms with Gasteiger partial charge in [0.1, 0.15) is 5.75 Å². The van der Waals surface area contributed by atoms with Crippen molar-refractivity contribution in [2.45, 2.75) is 19.6 Å². The fraction of sp³-hybridized carbons (Fsp3) is 0.400. The van der Waals surface area contributed by atoms with Gasteiger partial charge in [-0.1, -0.05) is 18.2 Å². The van der Waals surface area contributed by atoms with Gasteiger partial charge in [-0.3, -0.25) is 4.99 Å². The van der Waals surface area contributed by atoms with Gasteiger partial charge in [0.15, 0.2) is 5.96 Å². The topological polar surface area (TPSA) is 65.9 Å². The first-order valence-electron chi connectivity index (χ1n) is 6.92. The summed E-state index contributed by atoms with van der Waals surface area (Å²) in [5.74, 6) is 0.620. The Morgan fingerprint density at radius 1 is 1.36 bits per heavy atom. The van der Waals surface area contributed by atoms with Crippen LogP contribution in [0.25, 0.3) is 0 Å². The van der Waals surface area contributed by atoms with E-state index in [1.807, 2.05) is 6.92 Å². The van der Waals surface area contributed by atoms with Crippen molar-refractivity contribution in [3.63, 3.8) is 0 Å². The summed E-state index contributed by atoms with van der Waals surface area (Å²) in [6.07, 6.45) is 0.866.